The van der Waals surface area contributed by atoms with Crippen molar-refractivity contribution in [2.45, 2.75) is 62.6 Å². The third kappa shape index (κ3) is 6.07. The molecule has 34 heavy (non-hydrogen) atoms. The minimum absolute atomic E-state index is 0.178. The van der Waals surface area contributed by atoms with E-state index in [1.54, 1.807) is 0 Å². The molecule has 0 spiro atoms. The van der Waals surface area contributed by atoms with Crippen molar-refractivity contribution in [3.63, 3.8) is 0 Å². The van der Waals surface area contributed by atoms with Gasteiger partial charge >= 0.3 is 50.6 Å². The first-order valence-electron chi connectivity index (χ1n) is 9.06. The second-order valence-corrected chi connectivity index (χ2v) is 8.90. The molecule has 0 aromatic heterocycles. The van der Waals surface area contributed by atoms with Crippen LogP contribution < -0.4 is 0 Å². The molecule has 0 aliphatic carbocycles. The van der Waals surface area contributed by atoms with Crippen LogP contribution in [0.15, 0.2) is 0 Å². The van der Waals surface area contributed by atoms with Crippen molar-refractivity contribution in [1.82, 2.24) is 0 Å². The first-order valence-corrected chi connectivity index (χ1v) is 11.0. The van der Waals surface area contributed by atoms with Gasteiger partial charge in [0.05, 0.1) is 0 Å². The molecule has 0 bridgehead atoms. The zero-order valence-corrected chi connectivity index (χ0v) is 18.5. The number of alkyl halides is 13. The van der Waals surface area contributed by atoms with Gasteiger partial charge in [-0.25, -0.2) is 0 Å². The Morgan fingerprint density at radius 3 is 1.29 bits per heavy atom. The number of halogens is 13. The van der Waals surface area contributed by atoms with E-state index in [2.05, 4.69) is 4.74 Å². The molecule has 0 rings (SSSR count). The normalized spacial score (nSPS) is 14.9. The molecule has 0 aliphatic heterocycles. The smallest absolute Gasteiger partial charge is 0.459 e. The first kappa shape index (κ1) is 32.7. The fourth-order valence-corrected chi connectivity index (χ4v) is 4.56. The lowest BCUT2D eigenvalue weighted by atomic mass is 9.94. The van der Waals surface area contributed by atoms with E-state index in [1.807, 2.05) is 0 Å². The highest BCUT2D eigenvalue weighted by Crippen LogP contribution is 2.60. The molecule has 0 heterocycles. The number of carbonyl (C=O) groups is 1. The SMILES string of the molecule is CCO[Si](CC(=O)OCC(F)(F)C(F)(F)C(F)(F)C(F)(F)C(F)(F)C(F)(F)F)(OCC)OCC. The first-order chi connectivity index (χ1) is 15.0. The maximum absolute atomic E-state index is 13.7. The van der Waals surface area contributed by atoms with Crippen LogP contribution in [0, 0.1) is 0 Å². The van der Waals surface area contributed by atoms with Crippen LogP contribution in [-0.4, -0.2) is 77.0 Å². The summed E-state index contributed by atoms with van der Waals surface area (Å²) < 4.78 is 189. The van der Waals surface area contributed by atoms with Gasteiger partial charge in [-0.2, -0.15) is 57.1 Å². The zero-order valence-electron chi connectivity index (χ0n) is 17.5. The van der Waals surface area contributed by atoms with E-state index >= 15 is 0 Å². The lowest BCUT2D eigenvalue weighted by Gasteiger charge is -2.39. The molecule has 0 unspecified atom stereocenters. The quantitative estimate of drug-likeness (QED) is 0.165. The van der Waals surface area contributed by atoms with Crippen LogP contribution in [-0.2, 0) is 22.8 Å². The second kappa shape index (κ2) is 10.7. The number of esters is 1. The molecule has 0 N–H and O–H groups in total. The highest BCUT2D eigenvalue weighted by Gasteiger charge is 2.90. The summed E-state index contributed by atoms with van der Waals surface area (Å²) in [6.45, 7) is 0.487. The highest BCUT2D eigenvalue weighted by molar-refractivity contribution is 6.64. The molecule has 0 atom stereocenters. The van der Waals surface area contributed by atoms with E-state index in [1.165, 1.54) is 20.8 Å². The van der Waals surface area contributed by atoms with Crippen LogP contribution in [0.1, 0.15) is 20.8 Å². The van der Waals surface area contributed by atoms with E-state index < -0.39 is 63.2 Å². The van der Waals surface area contributed by atoms with Gasteiger partial charge in [-0.1, -0.05) is 0 Å². The van der Waals surface area contributed by atoms with E-state index in [-0.39, 0.29) is 19.8 Å². The Bertz CT molecular complexity index is 667. The van der Waals surface area contributed by atoms with E-state index in [0.717, 1.165) is 0 Å². The molecular weight excluding hydrogens is 535 g/mol. The van der Waals surface area contributed by atoms with Gasteiger partial charge < -0.3 is 18.0 Å². The fourth-order valence-electron chi connectivity index (χ4n) is 2.23. The number of hydrogen-bond acceptors (Lipinski definition) is 5. The lowest BCUT2D eigenvalue weighted by molar-refractivity contribution is -0.441. The van der Waals surface area contributed by atoms with Crippen molar-refractivity contribution in [3.8, 4) is 0 Å². The largest absolute Gasteiger partial charge is 0.512 e. The summed E-state index contributed by atoms with van der Waals surface area (Å²) in [6.07, 6.45) is -7.51. The van der Waals surface area contributed by atoms with Crippen molar-refractivity contribution >= 4 is 14.8 Å². The lowest BCUT2D eigenvalue weighted by Crippen LogP contribution is -2.70. The summed E-state index contributed by atoms with van der Waals surface area (Å²) in [5.41, 5.74) is 0. The van der Waals surface area contributed by atoms with Gasteiger partial charge in [-0.05, 0) is 20.8 Å². The van der Waals surface area contributed by atoms with Crippen LogP contribution in [0.4, 0.5) is 57.1 Å². The van der Waals surface area contributed by atoms with Crippen LogP contribution >= 0.6 is 0 Å². The van der Waals surface area contributed by atoms with Crippen molar-refractivity contribution in [1.29, 1.82) is 0 Å². The molecule has 0 aromatic rings. The Morgan fingerprint density at radius 2 is 0.971 bits per heavy atom. The maximum Gasteiger partial charge on any atom is 0.512 e. The Labute approximate surface area is 184 Å². The van der Waals surface area contributed by atoms with Gasteiger partial charge in [0.2, 0.25) is 0 Å². The molecule has 0 radical (unpaired) electrons. The van der Waals surface area contributed by atoms with Gasteiger partial charge in [0.15, 0.2) is 6.61 Å². The highest BCUT2D eigenvalue weighted by atomic mass is 28.4. The molecule has 204 valence electrons. The van der Waals surface area contributed by atoms with Crippen LogP contribution in [0.5, 0.6) is 0 Å². The minimum atomic E-state index is -8.03. The summed E-state index contributed by atoms with van der Waals surface area (Å²) in [5.74, 6) is -39.8. The minimum Gasteiger partial charge on any atom is -0.459 e. The third-order valence-electron chi connectivity index (χ3n) is 3.87. The van der Waals surface area contributed by atoms with Gasteiger partial charge in [-0.3, -0.25) is 4.79 Å². The van der Waals surface area contributed by atoms with Crippen molar-refractivity contribution in [3.05, 3.63) is 0 Å². The number of ether oxygens (including phenoxy) is 1. The van der Waals surface area contributed by atoms with E-state index in [9.17, 15) is 61.9 Å². The van der Waals surface area contributed by atoms with Crippen molar-refractivity contribution in [2.75, 3.05) is 26.4 Å². The summed E-state index contributed by atoms with van der Waals surface area (Å²) >= 11 is 0. The van der Waals surface area contributed by atoms with Gasteiger partial charge in [0.1, 0.15) is 6.04 Å². The average molecular weight is 554 g/mol. The summed E-state index contributed by atoms with van der Waals surface area (Å²) in [6, 6.07) is -1.15. The number of carbonyl (C=O) groups excluding carboxylic acids is 1. The summed E-state index contributed by atoms with van der Waals surface area (Å²) in [5, 5.41) is 0. The van der Waals surface area contributed by atoms with Crippen LogP contribution in [0.3, 0.4) is 0 Å². The molecule has 0 amide bonds. The molecule has 0 saturated carbocycles. The number of rotatable bonds is 14. The Morgan fingerprint density at radius 1 is 0.618 bits per heavy atom. The van der Waals surface area contributed by atoms with E-state index in [0.29, 0.717) is 0 Å². The Hall–Kier alpha value is -1.34. The molecular formula is C15H19F13O5Si. The topological polar surface area (TPSA) is 54.0 Å². The van der Waals surface area contributed by atoms with Crippen molar-refractivity contribution < 1.29 is 79.9 Å². The van der Waals surface area contributed by atoms with Gasteiger partial charge in [0, 0.05) is 19.8 Å². The predicted molar refractivity (Wildman–Crippen MR) is 87.2 cm³/mol. The monoisotopic (exact) mass is 554 g/mol. The Kier molecular flexibility index (Phi) is 10.3. The van der Waals surface area contributed by atoms with Gasteiger partial charge in [0.25, 0.3) is 0 Å². The maximum atomic E-state index is 13.7. The standard InChI is InChI=1S/C15H19F13O5Si/c1-4-31-34(32-5-2,33-6-3)7-9(29)30-8-10(16,17)11(18,19)12(20,21)13(22,23)14(24,25)15(26,27)28/h4-8H2,1-3H3. The van der Waals surface area contributed by atoms with Crippen LogP contribution in [0.2, 0.25) is 6.04 Å². The van der Waals surface area contributed by atoms with Crippen LogP contribution in [0.25, 0.3) is 0 Å². The van der Waals surface area contributed by atoms with E-state index in [4.69, 9.17) is 13.3 Å². The molecule has 0 aliphatic rings. The number of hydrogen-bond donors (Lipinski definition) is 0. The molecule has 5 nitrogen and oxygen atoms in total. The second-order valence-electron chi connectivity index (χ2n) is 6.32. The molecule has 0 aromatic carbocycles. The molecule has 0 fully saturated rings. The molecule has 19 heteroatoms. The summed E-state index contributed by atoms with van der Waals surface area (Å²) in [4.78, 5) is 11.8. The third-order valence-corrected chi connectivity index (χ3v) is 6.77. The van der Waals surface area contributed by atoms with Crippen molar-refractivity contribution in [2.24, 2.45) is 0 Å². The fraction of sp³-hybridized carbons (Fsp3) is 0.933. The zero-order chi connectivity index (χ0) is 27.4. The summed E-state index contributed by atoms with van der Waals surface area (Å²) in [7, 11) is -4.01. The predicted octanol–water partition coefficient (Wildman–Crippen LogP) is 5.32. The Balaban J connectivity index is 5.84. The molecule has 0 saturated heterocycles. The average Bonchev–Trinajstić information content (AvgIpc) is 2.65. The van der Waals surface area contributed by atoms with Gasteiger partial charge in [-0.15, -0.1) is 0 Å².